The second-order valence-corrected chi connectivity index (χ2v) is 9.96. The number of pyridine rings is 1. The first-order valence-corrected chi connectivity index (χ1v) is 12.5. The van der Waals surface area contributed by atoms with Crippen LogP contribution in [-0.2, 0) is 17.7 Å². The zero-order valence-electron chi connectivity index (χ0n) is 19.6. The molecule has 0 unspecified atom stereocenters. The molecule has 0 spiro atoms. The lowest BCUT2D eigenvalue weighted by Crippen LogP contribution is -2.46. The minimum absolute atomic E-state index is 0.191. The zero-order chi connectivity index (χ0) is 23.4. The van der Waals surface area contributed by atoms with E-state index in [1.807, 2.05) is 6.20 Å². The maximum Gasteiger partial charge on any atom is 0.137 e. The van der Waals surface area contributed by atoms with Crippen molar-refractivity contribution < 1.29 is 9.13 Å². The van der Waals surface area contributed by atoms with Crippen LogP contribution in [0.1, 0.15) is 35.2 Å². The fourth-order valence-electron chi connectivity index (χ4n) is 5.97. The number of imidazole rings is 1. The third-order valence-corrected chi connectivity index (χ3v) is 7.72. The minimum atomic E-state index is -0.225. The topological polar surface area (TPSA) is 58.5 Å². The van der Waals surface area contributed by atoms with E-state index in [2.05, 4.69) is 62.2 Å². The fraction of sp³-hybridized carbons (Fsp3) is 0.357. The molecule has 178 valence electrons. The molecule has 0 saturated carbocycles. The van der Waals surface area contributed by atoms with Crippen molar-refractivity contribution in [3.8, 4) is 0 Å². The Morgan fingerprint density at radius 3 is 2.94 bits per heavy atom. The van der Waals surface area contributed by atoms with Crippen molar-refractivity contribution in [2.24, 2.45) is 5.92 Å². The van der Waals surface area contributed by atoms with Gasteiger partial charge in [0.1, 0.15) is 5.65 Å². The Hall–Kier alpha value is -3.29. The number of aryl methyl sites for hydroxylation is 1. The van der Waals surface area contributed by atoms with Crippen molar-refractivity contribution in [2.45, 2.75) is 25.8 Å². The summed E-state index contributed by atoms with van der Waals surface area (Å²) in [5, 5.41) is 8.64. The van der Waals surface area contributed by atoms with E-state index in [4.69, 9.17) is 9.72 Å². The molecule has 4 aromatic rings. The number of hydrogen-bond acceptors (Lipinski definition) is 4. The Labute approximate surface area is 203 Å². The lowest BCUT2D eigenvalue weighted by atomic mass is 9.78. The normalized spacial score (nSPS) is 19.3. The van der Waals surface area contributed by atoms with E-state index in [1.54, 1.807) is 0 Å². The van der Waals surface area contributed by atoms with Gasteiger partial charge in [0, 0.05) is 43.3 Å². The first-order chi connectivity index (χ1) is 17.3. The Morgan fingerprint density at radius 2 is 2.09 bits per heavy atom. The van der Waals surface area contributed by atoms with Crippen molar-refractivity contribution in [1.29, 1.82) is 0 Å². The number of benzene rings is 1. The quantitative estimate of drug-likeness (QED) is 0.460. The summed E-state index contributed by atoms with van der Waals surface area (Å²) in [7, 11) is 0. The summed E-state index contributed by atoms with van der Waals surface area (Å²) in [5.74, 6) is 0.191. The molecule has 0 bridgehead atoms. The van der Waals surface area contributed by atoms with E-state index in [0.29, 0.717) is 6.61 Å². The van der Waals surface area contributed by atoms with Gasteiger partial charge in [-0.05, 0) is 70.9 Å². The molecule has 0 atom stereocenters. The van der Waals surface area contributed by atoms with Crippen LogP contribution in [0.4, 0.5) is 4.39 Å². The molecule has 1 aromatic carbocycles. The maximum atomic E-state index is 12.8. The molecule has 1 fully saturated rings. The SMILES string of the molecule is FCC1CN(Cc2cn3ccc(C4=C(C5=CCOCC5)CCc5c4ccc4[nH]ncc54)cc3n2)C1. The van der Waals surface area contributed by atoms with Gasteiger partial charge in [-0.3, -0.25) is 14.4 Å². The summed E-state index contributed by atoms with van der Waals surface area (Å²) in [4.78, 5) is 7.19. The first kappa shape index (κ1) is 21.0. The third-order valence-electron chi connectivity index (χ3n) is 7.72. The number of rotatable bonds is 5. The Morgan fingerprint density at radius 1 is 1.14 bits per heavy atom. The highest BCUT2D eigenvalue weighted by Crippen LogP contribution is 2.42. The second-order valence-electron chi connectivity index (χ2n) is 9.96. The largest absolute Gasteiger partial charge is 0.377 e. The van der Waals surface area contributed by atoms with Gasteiger partial charge >= 0.3 is 0 Å². The zero-order valence-corrected chi connectivity index (χ0v) is 19.6. The van der Waals surface area contributed by atoms with E-state index >= 15 is 0 Å². The summed E-state index contributed by atoms with van der Waals surface area (Å²) in [6, 6.07) is 8.82. The number of allylic oxidation sites excluding steroid dienone is 1. The average molecular weight is 470 g/mol. The van der Waals surface area contributed by atoms with E-state index in [9.17, 15) is 4.39 Å². The van der Waals surface area contributed by atoms with Crippen LogP contribution in [0.15, 0.2) is 60.1 Å². The summed E-state index contributed by atoms with van der Waals surface area (Å²) >= 11 is 0. The van der Waals surface area contributed by atoms with Crippen molar-refractivity contribution >= 4 is 22.1 Å². The molecular weight excluding hydrogens is 441 g/mol. The van der Waals surface area contributed by atoms with Crippen LogP contribution in [-0.4, -0.2) is 57.5 Å². The average Bonchev–Trinajstić information content (AvgIpc) is 3.52. The number of aromatic amines is 1. The molecule has 1 aliphatic carbocycles. The predicted molar refractivity (Wildman–Crippen MR) is 134 cm³/mol. The van der Waals surface area contributed by atoms with Gasteiger partial charge in [-0.25, -0.2) is 4.98 Å². The minimum Gasteiger partial charge on any atom is -0.377 e. The van der Waals surface area contributed by atoms with Crippen LogP contribution < -0.4 is 0 Å². The molecule has 1 saturated heterocycles. The third kappa shape index (κ3) is 3.61. The number of likely N-dealkylation sites (tertiary alicyclic amines) is 1. The second kappa shape index (κ2) is 8.43. The Bertz CT molecular complexity index is 1490. The highest BCUT2D eigenvalue weighted by atomic mass is 19.1. The molecule has 0 radical (unpaired) electrons. The summed E-state index contributed by atoms with van der Waals surface area (Å²) in [5.41, 5.74) is 11.1. The molecule has 1 N–H and O–H groups in total. The number of alkyl halides is 1. The Balaban J connectivity index is 1.32. The van der Waals surface area contributed by atoms with Crippen molar-refractivity contribution in [2.75, 3.05) is 33.0 Å². The molecule has 3 aliphatic rings. The van der Waals surface area contributed by atoms with Crippen LogP contribution in [0.2, 0.25) is 0 Å². The number of fused-ring (bicyclic) bond motifs is 4. The molecule has 6 nitrogen and oxygen atoms in total. The van der Waals surface area contributed by atoms with Gasteiger partial charge in [0.25, 0.3) is 0 Å². The van der Waals surface area contributed by atoms with Gasteiger partial charge < -0.3 is 9.14 Å². The maximum absolute atomic E-state index is 12.8. The van der Waals surface area contributed by atoms with E-state index in [0.717, 1.165) is 62.4 Å². The van der Waals surface area contributed by atoms with Crippen molar-refractivity contribution in [3.05, 3.63) is 82.5 Å². The molecule has 7 rings (SSSR count). The summed E-state index contributed by atoms with van der Waals surface area (Å²) in [6.45, 7) is 3.65. The van der Waals surface area contributed by atoms with Crippen LogP contribution >= 0.6 is 0 Å². The number of H-pyrrole nitrogens is 1. The van der Waals surface area contributed by atoms with Gasteiger partial charge in [0.15, 0.2) is 0 Å². The predicted octanol–water partition coefficient (Wildman–Crippen LogP) is 4.71. The lowest BCUT2D eigenvalue weighted by Gasteiger charge is -2.37. The van der Waals surface area contributed by atoms with Gasteiger partial charge in [0.2, 0.25) is 0 Å². The standard InChI is InChI=1S/C28H28FN5O/c29-12-18-14-33(15-18)16-21-17-34-8-5-20(11-27(34)31-21)28-22(19-6-9-35-10-7-19)1-2-23-24(28)3-4-26-25(23)13-30-32-26/h3-6,8,11,13,17-18H,1-2,7,9-10,12,14-16H2,(H,30,32). The Kier molecular flexibility index (Phi) is 5.06. The van der Waals surface area contributed by atoms with Gasteiger partial charge in [-0.2, -0.15) is 5.10 Å². The smallest absolute Gasteiger partial charge is 0.137 e. The van der Waals surface area contributed by atoms with E-state index in [1.165, 1.54) is 38.8 Å². The van der Waals surface area contributed by atoms with Gasteiger partial charge in [0.05, 0.1) is 37.3 Å². The van der Waals surface area contributed by atoms with Crippen LogP contribution in [0, 0.1) is 5.92 Å². The first-order valence-electron chi connectivity index (χ1n) is 12.5. The number of nitrogens with one attached hydrogen (secondary N) is 1. The van der Waals surface area contributed by atoms with Gasteiger partial charge in [-0.15, -0.1) is 0 Å². The van der Waals surface area contributed by atoms with E-state index < -0.39 is 0 Å². The number of aromatic nitrogens is 4. The number of hydrogen-bond donors (Lipinski definition) is 1. The van der Waals surface area contributed by atoms with Crippen LogP contribution in [0.5, 0.6) is 0 Å². The number of nitrogens with zero attached hydrogens (tertiary/aromatic N) is 4. The molecular formula is C28H28FN5O. The summed E-state index contributed by atoms with van der Waals surface area (Å²) in [6.07, 6.45) is 11.4. The van der Waals surface area contributed by atoms with Gasteiger partial charge in [-0.1, -0.05) is 12.1 Å². The lowest BCUT2D eigenvalue weighted by molar-refractivity contribution is 0.0727. The highest BCUT2D eigenvalue weighted by molar-refractivity contribution is 5.95. The highest BCUT2D eigenvalue weighted by Gasteiger charge is 2.28. The molecule has 3 aromatic heterocycles. The van der Waals surface area contributed by atoms with Crippen LogP contribution in [0.3, 0.4) is 0 Å². The molecule has 35 heavy (non-hydrogen) atoms. The number of ether oxygens (including phenoxy) is 1. The molecule has 5 heterocycles. The molecule has 7 heteroatoms. The van der Waals surface area contributed by atoms with Crippen LogP contribution in [0.25, 0.3) is 22.1 Å². The molecule has 0 amide bonds. The summed E-state index contributed by atoms with van der Waals surface area (Å²) < 4.78 is 20.5. The monoisotopic (exact) mass is 469 g/mol. The molecule has 2 aliphatic heterocycles. The van der Waals surface area contributed by atoms with E-state index in [-0.39, 0.29) is 12.6 Å². The van der Waals surface area contributed by atoms with Crippen molar-refractivity contribution in [3.63, 3.8) is 0 Å². The number of halogens is 1. The fourth-order valence-corrected chi connectivity index (χ4v) is 5.97. The van der Waals surface area contributed by atoms with Crippen molar-refractivity contribution in [1.82, 2.24) is 24.5 Å².